The maximum Gasteiger partial charge on any atom is 0.439 e. The number of alkyl halides is 6. The molecule has 4 nitrogen and oxygen atoms in total. The van der Waals surface area contributed by atoms with Crippen molar-refractivity contribution in [2.75, 3.05) is 0 Å². The molecule has 10 heteroatoms. The van der Waals surface area contributed by atoms with E-state index in [1.54, 1.807) is 6.07 Å². The molecule has 0 fully saturated rings. The van der Waals surface area contributed by atoms with Crippen LogP contribution in [0.2, 0.25) is 0 Å². The van der Waals surface area contributed by atoms with E-state index in [4.69, 9.17) is 4.74 Å². The van der Waals surface area contributed by atoms with Crippen molar-refractivity contribution < 1.29 is 45.7 Å². The number of rotatable bonds is 5. The Morgan fingerprint density at radius 2 is 1.47 bits per heavy atom. The SMILES string of the molecule is O=C(Oc1ccccc1)c1cc(OC(F)(F)C(F)C(F)(F)F)c2ccccc2c1O. The molecule has 0 amide bonds. The second-order valence-electron chi connectivity index (χ2n) is 6.09. The van der Waals surface area contributed by atoms with Gasteiger partial charge in [0.25, 0.3) is 6.17 Å². The highest BCUT2D eigenvalue weighted by molar-refractivity contribution is 6.04. The van der Waals surface area contributed by atoms with Gasteiger partial charge in [-0.05, 0) is 18.2 Å². The maximum absolute atomic E-state index is 13.8. The van der Waals surface area contributed by atoms with Gasteiger partial charge >= 0.3 is 18.3 Å². The monoisotopic (exact) mass is 430 g/mol. The first-order valence-electron chi connectivity index (χ1n) is 8.30. The normalized spacial score (nSPS) is 13.1. The Morgan fingerprint density at radius 1 is 0.900 bits per heavy atom. The van der Waals surface area contributed by atoms with E-state index >= 15 is 0 Å². The highest BCUT2D eigenvalue weighted by atomic mass is 19.4. The van der Waals surface area contributed by atoms with E-state index in [1.165, 1.54) is 42.5 Å². The minimum Gasteiger partial charge on any atom is -0.506 e. The molecule has 0 heterocycles. The van der Waals surface area contributed by atoms with E-state index in [9.17, 15) is 36.2 Å². The average Bonchev–Trinajstić information content (AvgIpc) is 2.69. The van der Waals surface area contributed by atoms with Gasteiger partial charge in [0.2, 0.25) is 0 Å². The molecule has 0 saturated carbocycles. The second-order valence-corrected chi connectivity index (χ2v) is 6.09. The van der Waals surface area contributed by atoms with E-state index in [-0.39, 0.29) is 16.5 Å². The minimum atomic E-state index is -5.88. The Bertz CT molecular complexity index is 1070. The van der Waals surface area contributed by atoms with Crippen LogP contribution in [0.3, 0.4) is 0 Å². The average molecular weight is 430 g/mol. The Balaban J connectivity index is 2.06. The van der Waals surface area contributed by atoms with Gasteiger partial charge < -0.3 is 14.6 Å². The van der Waals surface area contributed by atoms with Crippen LogP contribution < -0.4 is 9.47 Å². The molecule has 0 saturated heterocycles. The number of hydrogen-bond donors (Lipinski definition) is 1. The summed E-state index contributed by atoms with van der Waals surface area (Å²) >= 11 is 0. The van der Waals surface area contributed by atoms with Crippen LogP contribution in [0.25, 0.3) is 10.8 Å². The first-order valence-corrected chi connectivity index (χ1v) is 8.30. The lowest BCUT2D eigenvalue weighted by molar-refractivity contribution is -0.304. The van der Waals surface area contributed by atoms with Gasteiger partial charge in [-0.25, -0.2) is 9.18 Å². The zero-order chi connectivity index (χ0) is 22.1. The minimum absolute atomic E-state index is 0.0590. The molecule has 3 aromatic rings. The molecule has 0 bridgehead atoms. The number of esters is 1. The van der Waals surface area contributed by atoms with Crippen molar-refractivity contribution in [2.24, 2.45) is 0 Å². The Morgan fingerprint density at radius 3 is 2.07 bits per heavy atom. The van der Waals surface area contributed by atoms with Crippen molar-refractivity contribution >= 4 is 16.7 Å². The molecule has 0 aliphatic heterocycles. The van der Waals surface area contributed by atoms with Gasteiger partial charge in [-0.2, -0.15) is 22.0 Å². The van der Waals surface area contributed by atoms with Gasteiger partial charge in [0.15, 0.2) is 0 Å². The van der Waals surface area contributed by atoms with Crippen molar-refractivity contribution in [3.63, 3.8) is 0 Å². The van der Waals surface area contributed by atoms with E-state index in [0.717, 1.165) is 6.07 Å². The smallest absolute Gasteiger partial charge is 0.439 e. The first-order chi connectivity index (χ1) is 14.0. The Hall–Kier alpha value is -3.43. The summed E-state index contributed by atoms with van der Waals surface area (Å²) < 4.78 is 87.2. The molecule has 3 rings (SSSR count). The number of para-hydroxylation sites is 1. The molecule has 30 heavy (non-hydrogen) atoms. The molecule has 0 spiro atoms. The number of ether oxygens (including phenoxy) is 2. The van der Waals surface area contributed by atoms with Crippen LogP contribution in [-0.4, -0.2) is 29.5 Å². The zero-order valence-corrected chi connectivity index (χ0v) is 14.8. The lowest BCUT2D eigenvalue weighted by Gasteiger charge is -2.24. The second kappa shape index (κ2) is 7.77. The highest BCUT2D eigenvalue weighted by Gasteiger charge is 2.59. The maximum atomic E-state index is 13.8. The molecule has 0 aromatic heterocycles. The predicted octanol–water partition coefficient (Wildman–Crippen LogP) is 5.64. The number of phenols is 1. The predicted molar refractivity (Wildman–Crippen MR) is 93.5 cm³/mol. The largest absolute Gasteiger partial charge is 0.506 e. The van der Waals surface area contributed by atoms with E-state index in [0.29, 0.717) is 6.07 Å². The van der Waals surface area contributed by atoms with Gasteiger partial charge in [-0.1, -0.05) is 42.5 Å². The van der Waals surface area contributed by atoms with Crippen LogP contribution in [-0.2, 0) is 0 Å². The van der Waals surface area contributed by atoms with Crippen molar-refractivity contribution in [3.05, 3.63) is 66.2 Å². The molecular weight excluding hydrogens is 418 g/mol. The molecule has 1 unspecified atom stereocenters. The Labute approximate surface area is 165 Å². The number of carbonyl (C=O) groups excluding carboxylic acids is 1. The van der Waals surface area contributed by atoms with Gasteiger partial charge in [0, 0.05) is 10.8 Å². The number of aromatic hydroxyl groups is 1. The summed E-state index contributed by atoms with van der Waals surface area (Å²) in [6.45, 7) is 0. The molecular formula is C20H12F6O4. The summed E-state index contributed by atoms with van der Waals surface area (Å²) in [7, 11) is 0. The summed E-state index contributed by atoms with van der Waals surface area (Å²) in [6.07, 6.45) is -15.8. The molecule has 0 aliphatic rings. The fraction of sp³-hybridized carbons (Fsp3) is 0.150. The molecule has 158 valence electrons. The first kappa shape index (κ1) is 21.3. The third kappa shape index (κ3) is 4.27. The number of hydrogen-bond acceptors (Lipinski definition) is 4. The molecule has 0 aliphatic carbocycles. The summed E-state index contributed by atoms with van der Waals surface area (Å²) in [5, 5.41) is 9.91. The quantitative estimate of drug-likeness (QED) is 0.324. The van der Waals surface area contributed by atoms with Crippen LogP contribution in [0.5, 0.6) is 17.2 Å². The lowest BCUT2D eigenvalue weighted by atomic mass is 10.0. The van der Waals surface area contributed by atoms with Crippen LogP contribution >= 0.6 is 0 Å². The standard InChI is InChI=1S/C20H12F6O4/c21-18(19(22,23)24)20(25,26)30-15-10-14(16(27)13-9-5-4-8-12(13)15)17(28)29-11-6-2-1-3-7-11/h1-10,18,27H. The summed E-state index contributed by atoms with van der Waals surface area (Å²) in [6, 6.07) is 13.1. The molecule has 1 N–H and O–H groups in total. The zero-order valence-electron chi connectivity index (χ0n) is 14.8. The van der Waals surface area contributed by atoms with Gasteiger partial charge in [-0.15, -0.1) is 0 Å². The number of fused-ring (bicyclic) bond motifs is 1. The number of carbonyl (C=O) groups is 1. The van der Waals surface area contributed by atoms with Crippen molar-refractivity contribution in [1.29, 1.82) is 0 Å². The van der Waals surface area contributed by atoms with Gasteiger partial charge in [0.1, 0.15) is 22.8 Å². The number of benzene rings is 3. The van der Waals surface area contributed by atoms with Crippen molar-refractivity contribution in [1.82, 2.24) is 0 Å². The number of phenolic OH excluding ortho intramolecular Hbond substituents is 1. The van der Waals surface area contributed by atoms with Crippen LogP contribution in [0, 0.1) is 0 Å². The fourth-order valence-corrected chi connectivity index (χ4v) is 2.61. The number of halogens is 6. The van der Waals surface area contributed by atoms with Crippen LogP contribution in [0.4, 0.5) is 26.3 Å². The van der Waals surface area contributed by atoms with Crippen molar-refractivity contribution in [2.45, 2.75) is 18.5 Å². The fourth-order valence-electron chi connectivity index (χ4n) is 2.61. The van der Waals surface area contributed by atoms with Gasteiger partial charge in [0.05, 0.1) is 0 Å². The van der Waals surface area contributed by atoms with Crippen molar-refractivity contribution in [3.8, 4) is 17.2 Å². The van der Waals surface area contributed by atoms with Crippen LogP contribution in [0.15, 0.2) is 60.7 Å². The summed E-state index contributed by atoms with van der Waals surface area (Å²) in [5.74, 6) is -2.75. The highest BCUT2D eigenvalue weighted by Crippen LogP contribution is 2.41. The van der Waals surface area contributed by atoms with Gasteiger partial charge in [-0.3, -0.25) is 0 Å². The summed E-state index contributed by atoms with van der Waals surface area (Å²) in [4.78, 5) is 12.4. The third-order valence-corrected chi connectivity index (χ3v) is 3.98. The van der Waals surface area contributed by atoms with E-state index in [2.05, 4.69) is 4.74 Å². The molecule has 1 atom stereocenters. The molecule has 0 radical (unpaired) electrons. The molecule has 3 aromatic carbocycles. The Kier molecular flexibility index (Phi) is 5.51. The lowest BCUT2D eigenvalue weighted by Crippen LogP contribution is -2.45. The topological polar surface area (TPSA) is 55.8 Å². The van der Waals surface area contributed by atoms with Crippen LogP contribution in [0.1, 0.15) is 10.4 Å². The van der Waals surface area contributed by atoms with E-state index in [1.807, 2.05) is 0 Å². The third-order valence-electron chi connectivity index (χ3n) is 3.98. The van der Waals surface area contributed by atoms with E-state index < -0.39 is 41.5 Å². The summed E-state index contributed by atoms with van der Waals surface area (Å²) in [5.41, 5.74) is -0.661.